The van der Waals surface area contributed by atoms with Crippen molar-refractivity contribution in [2.24, 2.45) is 0 Å². The van der Waals surface area contributed by atoms with Crippen LogP contribution in [0.1, 0.15) is 16.2 Å². The Morgan fingerprint density at radius 2 is 2.10 bits per heavy atom. The quantitative estimate of drug-likeness (QED) is 0.763. The van der Waals surface area contributed by atoms with E-state index in [9.17, 15) is 4.79 Å². The maximum absolute atomic E-state index is 11.7. The highest BCUT2D eigenvalue weighted by Crippen LogP contribution is 2.21. The van der Waals surface area contributed by atoms with E-state index in [2.05, 4.69) is 20.6 Å². The maximum atomic E-state index is 11.7. The number of hydrogen-bond donors (Lipinski definition) is 1. The second-order valence-corrected chi connectivity index (χ2v) is 4.36. The van der Waals surface area contributed by atoms with Gasteiger partial charge >= 0.3 is 0 Å². The largest absolute Gasteiger partial charge is 0.354 e. The molecule has 0 fully saturated rings. The van der Waals surface area contributed by atoms with Gasteiger partial charge in [0, 0.05) is 18.6 Å². The van der Waals surface area contributed by atoms with Gasteiger partial charge in [0.15, 0.2) is 5.69 Å². The van der Waals surface area contributed by atoms with Crippen molar-refractivity contribution in [2.45, 2.75) is 6.92 Å². The summed E-state index contributed by atoms with van der Waals surface area (Å²) in [6.45, 7) is 1.82. The fraction of sp³-hybridized carbons (Fsp3) is 0.143. The molecule has 0 saturated carbocycles. The minimum atomic E-state index is -0.243. The van der Waals surface area contributed by atoms with Gasteiger partial charge in [0.2, 0.25) is 0 Å². The summed E-state index contributed by atoms with van der Waals surface area (Å²) >= 11 is 0. The molecule has 20 heavy (non-hydrogen) atoms. The van der Waals surface area contributed by atoms with Gasteiger partial charge in [0.25, 0.3) is 5.91 Å². The lowest BCUT2D eigenvalue weighted by Gasteiger charge is -2.07. The number of rotatable bonds is 2. The molecule has 6 heteroatoms. The first-order chi connectivity index (χ1) is 9.72. The summed E-state index contributed by atoms with van der Waals surface area (Å²) in [6, 6.07) is 9.62. The molecule has 100 valence electrons. The number of carbonyl (C=O) groups is 1. The van der Waals surface area contributed by atoms with Crippen LogP contribution < -0.4 is 5.32 Å². The molecule has 2 heterocycles. The molecule has 1 N–H and O–H groups in total. The minimum Gasteiger partial charge on any atom is -0.354 e. The van der Waals surface area contributed by atoms with Gasteiger partial charge in [-0.1, -0.05) is 11.3 Å². The van der Waals surface area contributed by atoms with Crippen LogP contribution >= 0.6 is 0 Å². The molecule has 0 spiro atoms. The summed E-state index contributed by atoms with van der Waals surface area (Å²) in [6.07, 6.45) is 1.75. The number of amides is 1. The molecule has 0 saturated heterocycles. The Morgan fingerprint density at radius 1 is 1.25 bits per heavy atom. The zero-order chi connectivity index (χ0) is 14.1. The average Bonchev–Trinajstić information content (AvgIpc) is 2.87. The lowest BCUT2D eigenvalue weighted by atomic mass is 10.2. The smallest absolute Gasteiger partial charge is 0.273 e. The molecular weight excluding hydrogens is 254 g/mol. The van der Waals surface area contributed by atoms with Crippen molar-refractivity contribution in [1.29, 1.82) is 0 Å². The Labute approximate surface area is 115 Å². The Kier molecular flexibility index (Phi) is 2.90. The molecule has 0 atom stereocenters. The predicted octanol–water partition coefficient (Wildman–Crippen LogP) is 1.48. The highest BCUT2D eigenvalue weighted by Gasteiger charge is 2.17. The third-order valence-electron chi connectivity index (χ3n) is 3.19. The van der Waals surface area contributed by atoms with Crippen LogP contribution in [0.2, 0.25) is 0 Å². The fourth-order valence-corrected chi connectivity index (χ4v) is 2.16. The summed E-state index contributed by atoms with van der Waals surface area (Å²) in [7, 11) is 1.57. The molecule has 0 bridgehead atoms. The standard InChI is InChI=1S/C14H13N5O/c1-9-13(14(20)15-2)17-18-19(9)12-7-3-6-11-10(12)5-4-8-16-11/h3-8H,1-2H3,(H,15,20). The van der Waals surface area contributed by atoms with Crippen LogP contribution in [-0.4, -0.2) is 32.9 Å². The molecule has 3 rings (SSSR count). The monoisotopic (exact) mass is 267 g/mol. The molecular formula is C14H13N5O. The van der Waals surface area contributed by atoms with Gasteiger partial charge in [-0.05, 0) is 31.2 Å². The fourth-order valence-electron chi connectivity index (χ4n) is 2.16. The number of carbonyl (C=O) groups excluding carboxylic acids is 1. The Balaban J connectivity index is 2.22. The van der Waals surface area contributed by atoms with E-state index in [1.165, 1.54) is 0 Å². The third kappa shape index (κ3) is 1.82. The van der Waals surface area contributed by atoms with Crippen LogP contribution in [0.5, 0.6) is 0 Å². The highest BCUT2D eigenvalue weighted by molar-refractivity contribution is 5.93. The van der Waals surface area contributed by atoms with Gasteiger partial charge in [-0.2, -0.15) is 0 Å². The second kappa shape index (κ2) is 4.73. The van der Waals surface area contributed by atoms with Crippen LogP contribution in [0.15, 0.2) is 36.5 Å². The van der Waals surface area contributed by atoms with Gasteiger partial charge in [0.05, 0.1) is 16.9 Å². The van der Waals surface area contributed by atoms with Crippen LogP contribution in [-0.2, 0) is 0 Å². The molecule has 0 radical (unpaired) electrons. The van der Waals surface area contributed by atoms with Gasteiger partial charge in [-0.15, -0.1) is 5.10 Å². The van der Waals surface area contributed by atoms with Crippen molar-refractivity contribution in [3.63, 3.8) is 0 Å². The van der Waals surface area contributed by atoms with Gasteiger partial charge in [-0.3, -0.25) is 9.78 Å². The Hall–Kier alpha value is -2.76. The van der Waals surface area contributed by atoms with E-state index in [0.29, 0.717) is 11.4 Å². The SMILES string of the molecule is CNC(=O)c1nnn(-c2cccc3ncccc23)c1C. The van der Waals surface area contributed by atoms with Crippen LogP contribution in [0.3, 0.4) is 0 Å². The number of pyridine rings is 1. The zero-order valence-electron chi connectivity index (χ0n) is 11.2. The summed E-state index contributed by atoms with van der Waals surface area (Å²) in [5, 5.41) is 11.6. The first-order valence-electron chi connectivity index (χ1n) is 6.21. The molecule has 1 aromatic carbocycles. The number of benzene rings is 1. The molecule has 2 aromatic heterocycles. The highest BCUT2D eigenvalue weighted by atomic mass is 16.1. The van der Waals surface area contributed by atoms with E-state index >= 15 is 0 Å². The summed E-state index contributed by atoms with van der Waals surface area (Å²) < 4.78 is 1.66. The van der Waals surface area contributed by atoms with Crippen molar-refractivity contribution in [3.05, 3.63) is 47.9 Å². The van der Waals surface area contributed by atoms with Crippen LogP contribution in [0.25, 0.3) is 16.6 Å². The lowest BCUT2D eigenvalue weighted by molar-refractivity contribution is 0.0957. The topological polar surface area (TPSA) is 72.7 Å². The van der Waals surface area contributed by atoms with Crippen LogP contribution in [0, 0.1) is 6.92 Å². The molecule has 0 unspecified atom stereocenters. The molecule has 1 amide bonds. The minimum absolute atomic E-state index is 0.243. The van der Waals surface area contributed by atoms with E-state index in [1.807, 2.05) is 37.3 Å². The third-order valence-corrected chi connectivity index (χ3v) is 3.19. The maximum Gasteiger partial charge on any atom is 0.273 e. The van der Waals surface area contributed by atoms with Crippen molar-refractivity contribution in [1.82, 2.24) is 25.3 Å². The number of aromatic nitrogens is 4. The van der Waals surface area contributed by atoms with Crippen molar-refractivity contribution >= 4 is 16.8 Å². The molecule has 0 aliphatic heterocycles. The summed E-state index contributed by atoms with van der Waals surface area (Å²) in [5.41, 5.74) is 2.76. The van der Waals surface area contributed by atoms with Crippen molar-refractivity contribution < 1.29 is 4.79 Å². The van der Waals surface area contributed by atoms with E-state index in [1.54, 1.807) is 17.9 Å². The van der Waals surface area contributed by atoms with Gasteiger partial charge in [-0.25, -0.2) is 4.68 Å². The van der Waals surface area contributed by atoms with Gasteiger partial charge in [0.1, 0.15) is 0 Å². The Bertz CT molecular complexity index is 788. The molecule has 3 aromatic rings. The van der Waals surface area contributed by atoms with Gasteiger partial charge < -0.3 is 5.32 Å². The number of hydrogen-bond acceptors (Lipinski definition) is 4. The molecule has 0 aliphatic rings. The van der Waals surface area contributed by atoms with E-state index in [0.717, 1.165) is 16.6 Å². The number of nitrogens with zero attached hydrogens (tertiary/aromatic N) is 4. The second-order valence-electron chi connectivity index (χ2n) is 4.36. The number of fused-ring (bicyclic) bond motifs is 1. The lowest BCUT2D eigenvalue weighted by Crippen LogP contribution is -2.19. The summed E-state index contributed by atoms with van der Waals surface area (Å²) in [4.78, 5) is 16.0. The van der Waals surface area contributed by atoms with E-state index in [4.69, 9.17) is 0 Å². The molecule has 0 aliphatic carbocycles. The molecule has 6 nitrogen and oxygen atoms in total. The van der Waals surface area contributed by atoms with Crippen LogP contribution in [0.4, 0.5) is 0 Å². The first-order valence-corrected chi connectivity index (χ1v) is 6.21. The first kappa shape index (κ1) is 12.3. The number of nitrogens with one attached hydrogen (secondary N) is 1. The van der Waals surface area contributed by atoms with Crippen molar-refractivity contribution in [2.75, 3.05) is 7.05 Å². The van der Waals surface area contributed by atoms with E-state index < -0.39 is 0 Å². The van der Waals surface area contributed by atoms with Crippen molar-refractivity contribution in [3.8, 4) is 5.69 Å². The zero-order valence-corrected chi connectivity index (χ0v) is 11.2. The van der Waals surface area contributed by atoms with E-state index in [-0.39, 0.29) is 5.91 Å². The predicted molar refractivity (Wildman–Crippen MR) is 74.8 cm³/mol. The normalized spacial score (nSPS) is 10.7. The summed E-state index contributed by atoms with van der Waals surface area (Å²) in [5.74, 6) is -0.243. The average molecular weight is 267 g/mol. The Morgan fingerprint density at radius 3 is 2.90 bits per heavy atom.